The van der Waals surface area contributed by atoms with Crippen molar-refractivity contribution in [3.8, 4) is 0 Å². The molecular weight excluding hydrogens is 302 g/mol. The van der Waals surface area contributed by atoms with Gasteiger partial charge < -0.3 is 10.1 Å². The fourth-order valence-corrected chi connectivity index (χ4v) is 3.36. The van der Waals surface area contributed by atoms with Crippen molar-refractivity contribution in [2.45, 2.75) is 18.9 Å². The Morgan fingerprint density at radius 2 is 2.35 bits per heavy atom. The summed E-state index contributed by atoms with van der Waals surface area (Å²) in [6, 6.07) is 6.30. The van der Waals surface area contributed by atoms with Gasteiger partial charge in [-0.3, -0.25) is 0 Å². The Bertz CT molecular complexity index is 380. The molecule has 4 heteroatoms. The SMILES string of the molecule is CNC(c1ccc(Cl)cc1Br)C1CCCOC1. The number of nitrogens with one attached hydrogen (secondary N) is 1. The molecule has 94 valence electrons. The summed E-state index contributed by atoms with van der Waals surface area (Å²) in [6.07, 6.45) is 2.36. The van der Waals surface area contributed by atoms with Crippen molar-refractivity contribution in [2.24, 2.45) is 5.92 Å². The lowest BCUT2D eigenvalue weighted by molar-refractivity contribution is 0.0401. The number of hydrogen-bond acceptors (Lipinski definition) is 2. The summed E-state index contributed by atoms with van der Waals surface area (Å²) >= 11 is 9.57. The molecule has 0 saturated carbocycles. The van der Waals surface area contributed by atoms with E-state index in [1.165, 1.54) is 12.0 Å². The van der Waals surface area contributed by atoms with E-state index < -0.39 is 0 Å². The second kappa shape index (κ2) is 6.19. The van der Waals surface area contributed by atoms with Crippen LogP contribution in [0.2, 0.25) is 5.02 Å². The lowest BCUT2D eigenvalue weighted by Crippen LogP contribution is -2.31. The molecule has 1 saturated heterocycles. The van der Waals surface area contributed by atoms with Crippen LogP contribution in [0.3, 0.4) is 0 Å². The molecule has 1 aliphatic rings. The monoisotopic (exact) mass is 317 g/mol. The maximum Gasteiger partial charge on any atom is 0.0512 e. The fourth-order valence-electron chi connectivity index (χ4n) is 2.43. The highest BCUT2D eigenvalue weighted by molar-refractivity contribution is 9.10. The number of benzene rings is 1. The van der Waals surface area contributed by atoms with Gasteiger partial charge in [0.05, 0.1) is 6.61 Å². The predicted molar refractivity (Wildman–Crippen MR) is 74.5 cm³/mol. The van der Waals surface area contributed by atoms with E-state index in [9.17, 15) is 0 Å². The third-order valence-electron chi connectivity index (χ3n) is 3.28. The first-order chi connectivity index (χ1) is 8.22. The van der Waals surface area contributed by atoms with Crippen molar-refractivity contribution in [3.63, 3.8) is 0 Å². The Hall–Kier alpha value is -0.0900. The van der Waals surface area contributed by atoms with E-state index in [2.05, 4.69) is 27.3 Å². The van der Waals surface area contributed by atoms with Crippen LogP contribution in [-0.4, -0.2) is 20.3 Å². The molecule has 0 bridgehead atoms. The molecule has 1 aliphatic heterocycles. The minimum Gasteiger partial charge on any atom is -0.381 e. The zero-order valence-electron chi connectivity index (χ0n) is 9.88. The molecule has 1 aromatic rings. The Kier molecular flexibility index (Phi) is 4.86. The standard InChI is InChI=1S/C13H17BrClNO/c1-16-13(9-3-2-6-17-8-9)11-5-4-10(15)7-12(11)14/h4-5,7,9,13,16H,2-3,6,8H2,1H3. The highest BCUT2D eigenvalue weighted by Gasteiger charge is 2.25. The molecule has 0 radical (unpaired) electrons. The molecular formula is C13H17BrClNO. The smallest absolute Gasteiger partial charge is 0.0512 e. The van der Waals surface area contributed by atoms with Gasteiger partial charge >= 0.3 is 0 Å². The summed E-state index contributed by atoms with van der Waals surface area (Å²) in [4.78, 5) is 0. The van der Waals surface area contributed by atoms with Gasteiger partial charge in [0.15, 0.2) is 0 Å². The van der Waals surface area contributed by atoms with Crippen molar-refractivity contribution in [1.29, 1.82) is 0 Å². The molecule has 2 rings (SSSR count). The van der Waals surface area contributed by atoms with E-state index in [4.69, 9.17) is 16.3 Å². The van der Waals surface area contributed by atoms with Gasteiger partial charge in [-0.15, -0.1) is 0 Å². The van der Waals surface area contributed by atoms with Gasteiger partial charge in [-0.2, -0.15) is 0 Å². The van der Waals surface area contributed by atoms with Gasteiger partial charge in [-0.1, -0.05) is 33.6 Å². The first kappa shape index (κ1) is 13.3. The fraction of sp³-hybridized carbons (Fsp3) is 0.538. The van der Waals surface area contributed by atoms with Gasteiger partial charge in [0, 0.05) is 28.1 Å². The summed E-state index contributed by atoms with van der Waals surface area (Å²) in [5, 5.41) is 4.15. The normalized spacial score (nSPS) is 22.4. The van der Waals surface area contributed by atoms with Crippen LogP contribution in [0.5, 0.6) is 0 Å². The average Bonchev–Trinajstić information content (AvgIpc) is 2.34. The summed E-state index contributed by atoms with van der Waals surface area (Å²) in [5.74, 6) is 0.534. The Labute approximate surface area is 116 Å². The first-order valence-corrected chi connectivity index (χ1v) is 7.09. The minimum atomic E-state index is 0.321. The van der Waals surface area contributed by atoms with Gasteiger partial charge in [0.25, 0.3) is 0 Å². The Balaban J connectivity index is 2.21. The number of halogens is 2. The molecule has 1 aromatic carbocycles. The average molecular weight is 319 g/mol. The number of ether oxygens (including phenoxy) is 1. The number of rotatable bonds is 3. The second-order valence-corrected chi connectivity index (χ2v) is 5.70. The van der Waals surface area contributed by atoms with Crippen molar-refractivity contribution in [1.82, 2.24) is 5.32 Å². The molecule has 1 N–H and O–H groups in total. The lowest BCUT2D eigenvalue weighted by atomic mass is 9.89. The molecule has 0 aromatic heterocycles. The minimum absolute atomic E-state index is 0.321. The molecule has 2 unspecified atom stereocenters. The van der Waals surface area contributed by atoms with Crippen LogP contribution in [0.15, 0.2) is 22.7 Å². The van der Waals surface area contributed by atoms with Gasteiger partial charge in [0.2, 0.25) is 0 Å². The van der Waals surface area contributed by atoms with E-state index in [-0.39, 0.29) is 0 Å². The summed E-state index contributed by atoms with van der Waals surface area (Å²) < 4.78 is 6.63. The predicted octanol–water partition coefficient (Wildman–Crippen LogP) is 3.79. The van der Waals surface area contributed by atoms with Gasteiger partial charge in [0.1, 0.15) is 0 Å². The molecule has 2 atom stereocenters. The van der Waals surface area contributed by atoms with Crippen LogP contribution in [-0.2, 0) is 4.74 Å². The maximum atomic E-state index is 5.98. The van der Waals surface area contributed by atoms with E-state index in [1.54, 1.807) is 0 Å². The van der Waals surface area contributed by atoms with Crippen LogP contribution in [0.25, 0.3) is 0 Å². The summed E-state index contributed by atoms with van der Waals surface area (Å²) in [7, 11) is 2.00. The van der Waals surface area contributed by atoms with Crippen LogP contribution in [0.4, 0.5) is 0 Å². The molecule has 0 aliphatic carbocycles. The molecule has 1 heterocycles. The van der Waals surface area contributed by atoms with Crippen molar-refractivity contribution < 1.29 is 4.74 Å². The largest absolute Gasteiger partial charge is 0.381 e. The maximum absolute atomic E-state index is 5.98. The first-order valence-electron chi connectivity index (χ1n) is 5.92. The highest BCUT2D eigenvalue weighted by atomic mass is 79.9. The second-order valence-electron chi connectivity index (χ2n) is 4.41. The molecule has 0 amide bonds. The van der Waals surface area contributed by atoms with Crippen molar-refractivity contribution in [2.75, 3.05) is 20.3 Å². The lowest BCUT2D eigenvalue weighted by Gasteiger charge is -2.31. The van der Waals surface area contributed by atoms with Gasteiger partial charge in [-0.05, 0) is 37.6 Å². The van der Waals surface area contributed by atoms with Crippen LogP contribution < -0.4 is 5.32 Å². The molecule has 1 fully saturated rings. The van der Waals surface area contributed by atoms with Crippen molar-refractivity contribution >= 4 is 27.5 Å². The third kappa shape index (κ3) is 3.22. The zero-order chi connectivity index (χ0) is 12.3. The van der Waals surface area contributed by atoms with E-state index in [0.29, 0.717) is 12.0 Å². The molecule has 17 heavy (non-hydrogen) atoms. The Morgan fingerprint density at radius 3 is 2.94 bits per heavy atom. The van der Waals surface area contributed by atoms with E-state index in [0.717, 1.165) is 29.1 Å². The number of hydrogen-bond donors (Lipinski definition) is 1. The third-order valence-corrected chi connectivity index (χ3v) is 4.20. The zero-order valence-corrected chi connectivity index (χ0v) is 12.2. The summed E-state index contributed by atoms with van der Waals surface area (Å²) in [5.41, 5.74) is 1.26. The Morgan fingerprint density at radius 1 is 1.53 bits per heavy atom. The van der Waals surface area contributed by atoms with Crippen LogP contribution in [0.1, 0.15) is 24.4 Å². The topological polar surface area (TPSA) is 21.3 Å². The van der Waals surface area contributed by atoms with E-state index in [1.807, 2.05) is 19.2 Å². The summed E-state index contributed by atoms with van der Waals surface area (Å²) in [6.45, 7) is 1.73. The van der Waals surface area contributed by atoms with Crippen LogP contribution in [0, 0.1) is 5.92 Å². The molecule has 0 spiro atoms. The van der Waals surface area contributed by atoms with Crippen LogP contribution >= 0.6 is 27.5 Å². The highest BCUT2D eigenvalue weighted by Crippen LogP contribution is 2.34. The van der Waals surface area contributed by atoms with Crippen molar-refractivity contribution in [3.05, 3.63) is 33.3 Å². The quantitative estimate of drug-likeness (QED) is 0.915. The van der Waals surface area contributed by atoms with E-state index >= 15 is 0 Å². The van der Waals surface area contributed by atoms with Gasteiger partial charge in [-0.25, -0.2) is 0 Å². The molecule has 2 nitrogen and oxygen atoms in total.